The van der Waals surface area contributed by atoms with E-state index in [-0.39, 0.29) is 5.91 Å². The highest BCUT2D eigenvalue weighted by Gasteiger charge is 2.28. The molecule has 0 unspecified atom stereocenters. The molecule has 1 N–H and O–H groups in total. The number of aromatic nitrogens is 3. The molecule has 1 aliphatic carbocycles. The number of carbonyl (C=O) groups excluding carboxylic acids is 1. The zero-order chi connectivity index (χ0) is 18.5. The Bertz CT molecular complexity index is 1210. The molecular weight excluding hydrogens is 340 g/mol. The molecule has 6 nitrogen and oxygen atoms in total. The van der Waals surface area contributed by atoms with Gasteiger partial charge in [0.2, 0.25) is 0 Å². The summed E-state index contributed by atoms with van der Waals surface area (Å²) in [5.41, 5.74) is 6.01. The van der Waals surface area contributed by atoms with Crippen molar-refractivity contribution in [2.24, 2.45) is 0 Å². The lowest BCUT2D eigenvalue weighted by Crippen LogP contribution is -2.12. The molecule has 1 aliphatic rings. The topological polar surface area (TPSA) is 80.9 Å². The van der Waals surface area contributed by atoms with Crippen LogP contribution in [0.25, 0.3) is 22.1 Å². The van der Waals surface area contributed by atoms with Crippen LogP contribution in [-0.2, 0) is 0 Å². The first-order valence-corrected chi connectivity index (χ1v) is 9.04. The van der Waals surface area contributed by atoms with Gasteiger partial charge in [0.1, 0.15) is 5.52 Å². The standard InChI is InChI=1S/C21H18N4O2/c1-11-12(2)23-17-9-14(5-7-16(17)22-11)20(26)24-15-6-8-19-18(10-15)25-21(27-19)13-3-4-13/h5-10,13H,3-4H2,1-2H3,(H,24,26). The highest BCUT2D eigenvalue weighted by atomic mass is 16.3. The summed E-state index contributed by atoms with van der Waals surface area (Å²) >= 11 is 0. The number of benzene rings is 2. The Balaban J connectivity index is 1.43. The molecule has 6 heteroatoms. The van der Waals surface area contributed by atoms with E-state index < -0.39 is 0 Å². The van der Waals surface area contributed by atoms with Gasteiger partial charge in [0.05, 0.1) is 22.4 Å². The Labute approximate surface area is 155 Å². The van der Waals surface area contributed by atoms with Crippen LogP contribution in [0.2, 0.25) is 0 Å². The largest absolute Gasteiger partial charge is 0.440 e. The summed E-state index contributed by atoms with van der Waals surface area (Å²) < 4.78 is 5.77. The van der Waals surface area contributed by atoms with Gasteiger partial charge in [0.15, 0.2) is 11.5 Å². The van der Waals surface area contributed by atoms with E-state index in [9.17, 15) is 4.79 Å². The number of amides is 1. The first-order chi connectivity index (χ1) is 13.1. The lowest BCUT2D eigenvalue weighted by molar-refractivity contribution is 0.102. The highest BCUT2D eigenvalue weighted by molar-refractivity contribution is 6.06. The van der Waals surface area contributed by atoms with Crippen molar-refractivity contribution in [2.75, 3.05) is 5.32 Å². The SMILES string of the molecule is Cc1nc2ccc(C(=O)Nc3ccc4oc(C5CC5)nc4c3)cc2nc1C. The monoisotopic (exact) mass is 358 g/mol. The van der Waals surface area contributed by atoms with E-state index in [0.717, 1.165) is 46.7 Å². The first-order valence-electron chi connectivity index (χ1n) is 9.04. The van der Waals surface area contributed by atoms with Crippen LogP contribution in [0.5, 0.6) is 0 Å². The number of carbonyl (C=O) groups is 1. The van der Waals surface area contributed by atoms with Gasteiger partial charge in [0, 0.05) is 17.2 Å². The van der Waals surface area contributed by atoms with Gasteiger partial charge in [-0.25, -0.2) is 15.0 Å². The van der Waals surface area contributed by atoms with Crippen LogP contribution in [0.4, 0.5) is 5.69 Å². The first kappa shape index (κ1) is 15.9. The third kappa shape index (κ3) is 2.93. The Morgan fingerprint density at radius 3 is 2.52 bits per heavy atom. The molecule has 0 bridgehead atoms. The minimum Gasteiger partial charge on any atom is -0.440 e. The molecule has 2 aromatic carbocycles. The second-order valence-corrected chi connectivity index (χ2v) is 7.06. The van der Waals surface area contributed by atoms with Crippen LogP contribution >= 0.6 is 0 Å². The molecule has 5 rings (SSSR count). The zero-order valence-electron chi connectivity index (χ0n) is 15.1. The van der Waals surface area contributed by atoms with Gasteiger partial charge < -0.3 is 9.73 Å². The fourth-order valence-electron chi connectivity index (χ4n) is 3.10. The summed E-state index contributed by atoms with van der Waals surface area (Å²) in [6.45, 7) is 3.84. The van der Waals surface area contributed by atoms with Gasteiger partial charge >= 0.3 is 0 Å². The van der Waals surface area contributed by atoms with Crippen molar-refractivity contribution in [1.29, 1.82) is 0 Å². The molecule has 0 spiro atoms. The molecule has 1 amide bonds. The van der Waals surface area contributed by atoms with Crippen molar-refractivity contribution in [1.82, 2.24) is 15.0 Å². The maximum absolute atomic E-state index is 12.7. The predicted molar refractivity (Wildman–Crippen MR) is 103 cm³/mol. The molecule has 0 saturated heterocycles. The maximum atomic E-state index is 12.7. The van der Waals surface area contributed by atoms with E-state index in [1.807, 2.05) is 38.1 Å². The average molecular weight is 358 g/mol. The van der Waals surface area contributed by atoms with Gasteiger partial charge in [-0.3, -0.25) is 4.79 Å². The van der Waals surface area contributed by atoms with Gasteiger partial charge in [-0.05, 0) is 63.1 Å². The second kappa shape index (κ2) is 5.87. The van der Waals surface area contributed by atoms with Crippen LogP contribution in [0.1, 0.15) is 46.4 Å². The molecule has 2 aromatic heterocycles. The summed E-state index contributed by atoms with van der Waals surface area (Å²) in [6.07, 6.45) is 2.28. The Morgan fingerprint density at radius 2 is 1.74 bits per heavy atom. The molecule has 1 saturated carbocycles. The third-order valence-electron chi connectivity index (χ3n) is 4.93. The average Bonchev–Trinajstić information content (AvgIpc) is 3.42. The van der Waals surface area contributed by atoms with Crippen LogP contribution in [-0.4, -0.2) is 20.9 Å². The number of oxazole rings is 1. The van der Waals surface area contributed by atoms with Crippen molar-refractivity contribution < 1.29 is 9.21 Å². The van der Waals surface area contributed by atoms with Crippen molar-refractivity contribution in [3.63, 3.8) is 0 Å². The number of hydrogen-bond donors (Lipinski definition) is 1. The number of rotatable bonds is 3. The van der Waals surface area contributed by atoms with Gasteiger partial charge in [-0.2, -0.15) is 0 Å². The van der Waals surface area contributed by atoms with Crippen LogP contribution in [0, 0.1) is 13.8 Å². The highest BCUT2D eigenvalue weighted by Crippen LogP contribution is 2.40. The summed E-state index contributed by atoms with van der Waals surface area (Å²) in [5, 5.41) is 2.93. The summed E-state index contributed by atoms with van der Waals surface area (Å²) in [4.78, 5) is 26.2. The summed E-state index contributed by atoms with van der Waals surface area (Å²) in [7, 11) is 0. The molecular formula is C21H18N4O2. The quantitative estimate of drug-likeness (QED) is 0.582. The molecule has 134 valence electrons. The molecule has 1 fully saturated rings. The van der Waals surface area contributed by atoms with E-state index in [4.69, 9.17) is 4.42 Å². The molecule has 4 aromatic rings. The van der Waals surface area contributed by atoms with Crippen molar-refractivity contribution in [3.8, 4) is 0 Å². The number of nitrogens with zero attached hydrogens (tertiary/aromatic N) is 3. The Kier molecular flexibility index (Phi) is 3.47. The normalized spacial score (nSPS) is 14.0. The molecule has 0 radical (unpaired) electrons. The smallest absolute Gasteiger partial charge is 0.255 e. The lowest BCUT2D eigenvalue weighted by atomic mass is 10.1. The molecule has 2 heterocycles. The molecule has 0 atom stereocenters. The third-order valence-corrected chi connectivity index (χ3v) is 4.93. The van der Waals surface area contributed by atoms with Crippen LogP contribution in [0.3, 0.4) is 0 Å². The lowest BCUT2D eigenvalue weighted by Gasteiger charge is -2.07. The molecule has 27 heavy (non-hydrogen) atoms. The summed E-state index contributed by atoms with van der Waals surface area (Å²) in [5.74, 6) is 1.07. The van der Waals surface area contributed by atoms with E-state index >= 15 is 0 Å². The Hall–Kier alpha value is -3.28. The number of aryl methyl sites for hydroxylation is 2. The van der Waals surface area contributed by atoms with Crippen LogP contribution in [0.15, 0.2) is 40.8 Å². The van der Waals surface area contributed by atoms with Gasteiger partial charge in [-0.1, -0.05) is 0 Å². The van der Waals surface area contributed by atoms with Crippen molar-refractivity contribution >= 4 is 33.7 Å². The van der Waals surface area contributed by atoms with E-state index in [0.29, 0.717) is 22.7 Å². The van der Waals surface area contributed by atoms with Crippen molar-refractivity contribution in [2.45, 2.75) is 32.6 Å². The van der Waals surface area contributed by atoms with E-state index in [2.05, 4.69) is 20.3 Å². The summed E-state index contributed by atoms with van der Waals surface area (Å²) in [6, 6.07) is 10.9. The number of fused-ring (bicyclic) bond motifs is 2. The number of hydrogen-bond acceptors (Lipinski definition) is 5. The predicted octanol–water partition coefficient (Wildman–Crippen LogP) is 4.52. The zero-order valence-corrected chi connectivity index (χ0v) is 15.1. The number of nitrogens with one attached hydrogen (secondary N) is 1. The fraction of sp³-hybridized carbons (Fsp3) is 0.238. The van der Waals surface area contributed by atoms with Crippen LogP contribution < -0.4 is 5.32 Å². The maximum Gasteiger partial charge on any atom is 0.255 e. The minimum atomic E-state index is -0.192. The van der Waals surface area contributed by atoms with Crippen molar-refractivity contribution in [3.05, 3.63) is 59.2 Å². The van der Waals surface area contributed by atoms with E-state index in [1.165, 1.54) is 0 Å². The fourth-order valence-corrected chi connectivity index (χ4v) is 3.10. The molecule has 0 aliphatic heterocycles. The van der Waals surface area contributed by atoms with Gasteiger partial charge in [-0.15, -0.1) is 0 Å². The van der Waals surface area contributed by atoms with E-state index in [1.54, 1.807) is 12.1 Å². The minimum absolute atomic E-state index is 0.192. The second-order valence-electron chi connectivity index (χ2n) is 7.06. The van der Waals surface area contributed by atoms with Gasteiger partial charge in [0.25, 0.3) is 5.91 Å². The Morgan fingerprint density at radius 1 is 0.963 bits per heavy atom. The number of anilines is 1.